The molecule has 6 nitrogen and oxygen atoms in total. The molecule has 0 saturated carbocycles. The van der Waals surface area contributed by atoms with Crippen molar-refractivity contribution in [1.29, 1.82) is 0 Å². The van der Waals surface area contributed by atoms with Gasteiger partial charge in [0.2, 0.25) is 0 Å². The molecule has 2 saturated heterocycles. The van der Waals surface area contributed by atoms with Crippen molar-refractivity contribution < 1.29 is 19.0 Å². The lowest BCUT2D eigenvalue weighted by molar-refractivity contribution is -0.118. The van der Waals surface area contributed by atoms with E-state index in [-0.39, 0.29) is 18.2 Å². The summed E-state index contributed by atoms with van der Waals surface area (Å²) in [6.07, 6.45) is 5.63. The molecule has 3 aromatic rings. The fourth-order valence-electron chi connectivity index (χ4n) is 4.75. The van der Waals surface area contributed by atoms with Crippen LogP contribution in [0.25, 0.3) is 22.0 Å². The fourth-order valence-corrected chi connectivity index (χ4v) is 4.75. The smallest absolute Gasteiger partial charge is 0.150 e. The van der Waals surface area contributed by atoms with Crippen molar-refractivity contribution in [2.45, 2.75) is 37.5 Å². The molecule has 166 valence electrons. The molecule has 1 unspecified atom stereocenters. The molecule has 2 aromatic carbocycles. The third-order valence-corrected chi connectivity index (χ3v) is 6.56. The molecule has 32 heavy (non-hydrogen) atoms. The lowest BCUT2D eigenvalue weighted by Gasteiger charge is -2.36. The summed E-state index contributed by atoms with van der Waals surface area (Å²) in [5.74, 6) is 1.70. The molecular formula is C26H28N2O4. The van der Waals surface area contributed by atoms with E-state index in [1.54, 1.807) is 7.11 Å². The Morgan fingerprint density at radius 2 is 1.78 bits per heavy atom. The summed E-state index contributed by atoms with van der Waals surface area (Å²) in [6.45, 7) is 2.56. The van der Waals surface area contributed by atoms with E-state index in [4.69, 9.17) is 14.2 Å². The topological polar surface area (TPSA) is 60.9 Å². The normalized spacial score (nSPS) is 22.2. The zero-order valence-electron chi connectivity index (χ0n) is 18.3. The maximum absolute atomic E-state index is 11.2. The average Bonchev–Trinajstić information content (AvgIpc) is 3.33. The number of benzene rings is 2. The zero-order chi connectivity index (χ0) is 21.9. The quantitative estimate of drug-likeness (QED) is 0.547. The molecule has 0 spiro atoms. The summed E-state index contributed by atoms with van der Waals surface area (Å²) in [7, 11) is 1.66. The molecule has 2 fully saturated rings. The molecule has 0 N–H and O–H groups in total. The Labute approximate surface area is 188 Å². The Kier molecular flexibility index (Phi) is 6.06. The molecule has 5 rings (SSSR count). The molecular weight excluding hydrogens is 404 g/mol. The predicted molar refractivity (Wildman–Crippen MR) is 123 cm³/mol. The molecule has 0 bridgehead atoms. The van der Waals surface area contributed by atoms with E-state index in [9.17, 15) is 4.79 Å². The molecule has 1 aromatic heterocycles. The molecule has 2 atom stereocenters. The van der Waals surface area contributed by atoms with Gasteiger partial charge < -0.3 is 19.0 Å². The Morgan fingerprint density at radius 1 is 1.00 bits per heavy atom. The number of hydrogen-bond donors (Lipinski definition) is 0. The molecule has 2 aliphatic heterocycles. The predicted octanol–water partition coefficient (Wildman–Crippen LogP) is 4.11. The van der Waals surface area contributed by atoms with Crippen LogP contribution >= 0.6 is 0 Å². The molecule has 0 amide bonds. The third-order valence-electron chi connectivity index (χ3n) is 6.56. The summed E-state index contributed by atoms with van der Waals surface area (Å²) in [5.41, 5.74) is 3.10. The van der Waals surface area contributed by atoms with E-state index >= 15 is 0 Å². The van der Waals surface area contributed by atoms with Crippen molar-refractivity contribution in [1.82, 2.24) is 9.88 Å². The van der Waals surface area contributed by atoms with E-state index in [1.165, 1.54) is 0 Å². The number of rotatable bonds is 6. The SMILES string of the molecule is COc1ccc2cc(-c3ccc(OC4CCN(C5CCO[C@H]5C=O)CC4)cc3)cnc2c1. The van der Waals surface area contributed by atoms with Crippen LogP contribution in [-0.2, 0) is 9.53 Å². The van der Waals surface area contributed by atoms with Gasteiger partial charge in [0.05, 0.1) is 12.6 Å². The van der Waals surface area contributed by atoms with E-state index < -0.39 is 0 Å². The second-order valence-electron chi connectivity index (χ2n) is 8.49. The first-order chi connectivity index (χ1) is 15.7. The highest BCUT2D eigenvalue weighted by Crippen LogP contribution is 2.28. The minimum atomic E-state index is -0.272. The molecule has 0 aliphatic carbocycles. The minimum Gasteiger partial charge on any atom is -0.497 e. The second kappa shape index (κ2) is 9.27. The third kappa shape index (κ3) is 4.33. The van der Waals surface area contributed by atoms with Crippen LogP contribution in [0.15, 0.2) is 54.7 Å². The highest BCUT2D eigenvalue weighted by atomic mass is 16.5. The number of carbonyl (C=O) groups is 1. The van der Waals surface area contributed by atoms with Crippen molar-refractivity contribution in [3.8, 4) is 22.6 Å². The van der Waals surface area contributed by atoms with Crippen LogP contribution in [0.4, 0.5) is 0 Å². The van der Waals surface area contributed by atoms with Gasteiger partial charge in [-0.2, -0.15) is 0 Å². The number of piperidine rings is 1. The minimum absolute atomic E-state index is 0.200. The summed E-state index contributed by atoms with van der Waals surface area (Å²) in [5, 5.41) is 1.08. The lowest BCUT2D eigenvalue weighted by Crippen LogP contribution is -2.47. The monoisotopic (exact) mass is 432 g/mol. The molecule has 2 aliphatic rings. The van der Waals surface area contributed by atoms with E-state index in [0.717, 1.165) is 72.2 Å². The number of methoxy groups -OCH3 is 1. The summed E-state index contributed by atoms with van der Waals surface area (Å²) in [4.78, 5) is 18.2. The highest BCUT2D eigenvalue weighted by Gasteiger charge is 2.35. The van der Waals surface area contributed by atoms with Gasteiger partial charge in [-0.25, -0.2) is 0 Å². The van der Waals surface area contributed by atoms with Crippen molar-refractivity contribution in [3.05, 3.63) is 54.7 Å². The van der Waals surface area contributed by atoms with Crippen LogP contribution < -0.4 is 9.47 Å². The summed E-state index contributed by atoms with van der Waals surface area (Å²) in [6, 6.07) is 16.5. The maximum atomic E-state index is 11.2. The molecule has 3 heterocycles. The van der Waals surface area contributed by atoms with Gasteiger partial charge in [0.25, 0.3) is 0 Å². The van der Waals surface area contributed by atoms with Gasteiger partial charge in [-0.05, 0) is 55.2 Å². The Morgan fingerprint density at radius 3 is 2.53 bits per heavy atom. The van der Waals surface area contributed by atoms with Crippen LogP contribution in [0.2, 0.25) is 0 Å². The number of fused-ring (bicyclic) bond motifs is 1. The van der Waals surface area contributed by atoms with Crippen molar-refractivity contribution in [2.24, 2.45) is 0 Å². The second-order valence-corrected chi connectivity index (χ2v) is 8.49. The number of hydrogen-bond acceptors (Lipinski definition) is 6. The van der Waals surface area contributed by atoms with Crippen LogP contribution in [0, 0.1) is 0 Å². The number of nitrogens with zero attached hydrogens (tertiary/aromatic N) is 2. The van der Waals surface area contributed by atoms with Crippen LogP contribution in [-0.4, -0.2) is 61.2 Å². The standard InChI is InChI=1S/C26H28N2O4/c1-30-23-7-4-19-14-20(16-27-24(19)15-23)18-2-5-21(6-3-18)32-22-8-11-28(12-9-22)25-10-13-31-26(25)17-29/h2-7,14-17,22,25-26H,8-13H2,1H3/t25?,26-/m0/s1. The Hall–Kier alpha value is -2.96. The average molecular weight is 433 g/mol. The van der Waals surface area contributed by atoms with Gasteiger partial charge >= 0.3 is 0 Å². The van der Waals surface area contributed by atoms with Crippen molar-refractivity contribution >= 4 is 17.2 Å². The maximum Gasteiger partial charge on any atom is 0.150 e. The van der Waals surface area contributed by atoms with E-state index in [1.807, 2.05) is 36.5 Å². The van der Waals surface area contributed by atoms with Gasteiger partial charge in [-0.3, -0.25) is 9.88 Å². The Balaban J connectivity index is 1.20. The highest BCUT2D eigenvalue weighted by molar-refractivity contribution is 5.84. The number of carbonyl (C=O) groups excluding carboxylic acids is 1. The molecule has 6 heteroatoms. The number of aldehydes is 1. The van der Waals surface area contributed by atoms with Crippen LogP contribution in [0.5, 0.6) is 11.5 Å². The van der Waals surface area contributed by atoms with Gasteiger partial charge in [0.15, 0.2) is 0 Å². The first-order valence-electron chi connectivity index (χ1n) is 11.3. The van der Waals surface area contributed by atoms with Crippen LogP contribution in [0.3, 0.4) is 0 Å². The zero-order valence-corrected chi connectivity index (χ0v) is 18.3. The first kappa shape index (κ1) is 20.9. The number of ether oxygens (including phenoxy) is 3. The van der Waals surface area contributed by atoms with Gasteiger partial charge in [-0.1, -0.05) is 12.1 Å². The molecule has 0 radical (unpaired) electrons. The van der Waals surface area contributed by atoms with Gasteiger partial charge in [0, 0.05) is 49.0 Å². The number of aromatic nitrogens is 1. The first-order valence-corrected chi connectivity index (χ1v) is 11.3. The number of pyridine rings is 1. The van der Waals surface area contributed by atoms with Crippen molar-refractivity contribution in [2.75, 3.05) is 26.8 Å². The van der Waals surface area contributed by atoms with Crippen molar-refractivity contribution in [3.63, 3.8) is 0 Å². The van der Waals surface area contributed by atoms with Crippen LogP contribution in [0.1, 0.15) is 19.3 Å². The number of likely N-dealkylation sites (tertiary alicyclic amines) is 1. The summed E-state index contributed by atoms with van der Waals surface area (Å²) < 4.78 is 17.0. The fraction of sp³-hybridized carbons (Fsp3) is 0.385. The van der Waals surface area contributed by atoms with Gasteiger partial charge in [-0.15, -0.1) is 0 Å². The van der Waals surface area contributed by atoms with E-state index in [0.29, 0.717) is 6.61 Å². The van der Waals surface area contributed by atoms with E-state index in [2.05, 4.69) is 28.1 Å². The lowest BCUT2D eigenvalue weighted by atomic mass is 10.0. The Bertz CT molecular complexity index is 1080. The van der Waals surface area contributed by atoms with Gasteiger partial charge in [0.1, 0.15) is 30.0 Å². The largest absolute Gasteiger partial charge is 0.497 e. The summed E-state index contributed by atoms with van der Waals surface area (Å²) >= 11 is 0.